The predicted molar refractivity (Wildman–Crippen MR) is 156 cm³/mol. The smallest absolute Gasteiger partial charge is 0.151 e. The van der Waals surface area contributed by atoms with E-state index in [1.54, 1.807) is 0 Å². The van der Waals surface area contributed by atoms with Crippen molar-refractivity contribution in [2.45, 2.75) is 90.6 Å². The lowest BCUT2D eigenvalue weighted by molar-refractivity contribution is -0.0437. The summed E-state index contributed by atoms with van der Waals surface area (Å²) in [5, 5.41) is 4.81. The summed E-state index contributed by atoms with van der Waals surface area (Å²) in [6, 6.07) is 0.862. The van der Waals surface area contributed by atoms with E-state index in [1.807, 2.05) is 12.4 Å². The fraction of sp³-hybridized carbons (Fsp3) is 0.667. The van der Waals surface area contributed by atoms with E-state index in [2.05, 4.69) is 48.6 Å². The molecule has 2 fully saturated rings. The number of fused-ring (bicyclic) bond motifs is 1. The van der Waals surface area contributed by atoms with E-state index >= 15 is 0 Å². The van der Waals surface area contributed by atoms with Crippen LogP contribution in [0.5, 0.6) is 0 Å². The first-order valence-corrected chi connectivity index (χ1v) is 14.9. The molecule has 0 aromatic carbocycles. The number of aryl methyl sites for hydroxylation is 1. The van der Waals surface area contributed by atoms with Crippen LogP contribution in [0.25, 0.3) is 22.2 Å². The molecule has 9 heteroatoms. The van der Waals surface area contributed by atoms with Crippen molar-refractivity contribution >= 4 is 22.7 Å². The highest BCUT2D eigenvalue weighted by atomic mass is 16.5. The predicted octanol–water partition coefficient (Wildman–Crippen LogP) is 5.59. The number of anilines is 2. The van der Waals surface area contributed by atoms with Crippen LogP contribution >= 0.6 is 0 Å². The fourth-order valence-corrected chi connectivity index (χ4v) is 6.40. The lowest BCUT2D eigenvalue weighted by Gasteiger charge is -2.39. The minimum absolute atomic E-state index is 0.101. The Hall–Kier alpha value is -2.78. The first-order chi connectivity index (χ1) is 19.0. The van der Waals surface area contributed by atoms with Gasteiger partial charge in [0, 0.05) is 55.2 Å². The number of nitrogen functional groups attached to an aromatic ring is 1. The van der Waals surface area contributed by atoms with Gasteiger partial charge in [-0.3, -0.25) is 4.68 Å². The molecule has 2 aliphatic carbocycles. The lowest BCUT2D eigenvalue weighted by Crippen LogP contribution is -2.37. The van der Waals surface area contributed by atoms with Gasteiger partial charge in [-0.1, -0.05) is 19.8 Å². The van der Waals surface area contributed by atoms with Crippen LogP contribution in [0.1, 0.15) is 83.9 Å². The monoisotopic (exact) mass is 535 g/mol. The summed E-state index contributed by atoms with van der Waals surface area (Å²) in [6.45, 7) is 9.25. The van der Waals surface area contributed by atoms with Crippen LogP contribution in [0.4, 0.5) is 11.6 Å². The summed E-state index contributed by atoms with van der Waals surface area (Å²) < 4.78 is 13.9. The molecule has 2 aliphatic rings. The molecule has 0 radical (unpaired) electrons. The number of hydrogen-bond acceptors (Lipinski definition) is 8. The Labute approximate surface area is 232 Å². The maximum absolute atomic E-state index is 6.32. The molecule has 0 saturated heterocycles. The van der Waals surface area contributed by atoms with Gasteiger partial charge in [-0.2, -0.15) is 5.10 Å². The van der Waals surface area contributed by atoms with Gasteiger partial charge in [0.2, 0.25) is 0 Å². The van der Waals surface area contributed by atoms with Gasteiger partial charge in [0.1, 0.15) is 11.0 Å². The van der Waals surface area contributed by atoms with Crippen molar-refractivity contribution in [1.82, 2.24) is 24.7 Å². The van der Waals surface area contributed by atoms with Gasteiger partial charge in [0.15, 0.2) is 11.6 Å². The Morgan fingerprint density at radius 2 is 1.67 bits per heavy atom. The van der Waals surface area contributed by atoms with Crippen LogP contribution in [-0.4, -0.2) is 64.2 Å². The van der Waals surface area contributed by atoms with Crippen molar-refractivity contribution < 1.29 is 9.47 Å². The number of aromatic nitrogens is 5. The van der Waals surface area contributed by atoms with E-state index in [9.17, 15) is 0 Å². The summed E-state index contributed by atoms with van der Waals surface area (Å²) in [4.78, 5) is 17.0. The summed E-state index contributed by atoms with van der Waals surface area (Å²) in [7, 11) is 2.16. The highest BCUT2D eigenvalue weighted by Crippen LogP contribution is 2.42. The third-order valence-corrected chi connectivity index (χ3v) is 8.85. The van der Waals surface area contributed by atoms with Gasteiger partial charge in [-0.05, 0) is 58.8 Å². The van der Waals surface area contributed by atoms with Crippen LogP contribution in [0.2, 0.25) is 0 Å². The van der Waals surface area contributed by atoms with E-state index in [1.165, 1.54) is 25.7 Å². The van der Waals surface area contributed by atoms with E-state index in [0.717, 1.165) is 86.7 Å². The largest absolute Gasteiger partial charge is 0.382 e. The molecule has 0 unspecified atom stereocenters. The molecule has 9 nitrogen and oxygen atoms in total. The third kappa shape index (κ3) is 5.75. The highest BCUT2D eigenvalue weighted by Gasteiger charge is 2.37. The minimum Gasteiger partial charge on any atom is -0.382 e. The van der Waals surface area contributed by atoms with Crippen molar-refractivity contribution in [2.75, 3.05) is 44.1 Å². The summed E-state index contributed by atoms with van der Waals surface area (Å²) >= 11 is 0. The zero-order valence-corrected chi connectivity index (χ0v) is 24.2. The molecule has 5 rings (SSSR count). The van der Waals surface area contributed by atoms with E-state index in [0.29, 0.717) is 23.4 Å². The molecule has 2 saturated carbocycles. The number of rotatable bonds is 11. The van der Waals surface area contributed by atoms with Crippen LogP contribution in [0.15, 0.2) is 18.6 Å². The Kier molecular flexibility index (Phi) is 8.67. The Morgan fingerprint density at radius 3 is 2.31 bits per heavy atom. The normalized spacial score (nSPS) is 18.3. The van der Waals surface area contributed by atoms with Gasteiger partial charge in [0.05, 0.1) is 31.1 Å². The highest BCUT2D eigenvalue weighted by molar-refractivity contribution is 5.96. The first kappa shape index (κ1) is 27.8. The molecule has 212 valence electrons. The second kappa shape index (κ2) is 12.2. The second-order valence-corrected chi connectivity index (χ2v) is 11.4. The zero-order valence-electron chi connectivity index (χ0n) is 24.2. The molecule has 2 N–H and O–H groups in total. The Balaban J connectivity index is 1.42. The molecule has 3 heterocycles. The van der Waals surface area contributed by atoms with Crippen LogP contribution in [-0.2, 0) is 15.9 Å². The quantitative estimate of drug-likeness (QED) is 0.339. The number of pyridine rings is 1. The number of nitrogens with two attached hydrogens (primary N) is 1. The van der Waals surface area contributed by atoms with Crippen molar-refractivity contribution in [3.05, 3.63) is 24.3 Å². The van der Waals surface area contributed by atoms with Gasteiger partial charge in [-0.25, -0.2) is 15.0 Å². The second-order valence-electron chi connectivity index (χ2n) is 11.4. The topological polar surface area (TPSA) is 104 Å². The van der Waals surface area contributed by atoms with E-state index in [4.69, 9.17) is 30.3 Å². The summed E-state index contributed by atoms with van der Waals surface area (Å²) in [6.07, 6.45) is 15.9. The number of nitrogens with zero attached hydrogens (tertiary/aromatic N) is 6. The Bertz CT molecular complexity index is 1240. The van der Waals surface area contributed by atoms with Crippen LogP contribution in [0, 0.1) is 5.41 Å². The molecule has 39 heavy (non-hydrogen) atoms. The van der Waals surface area contributed by atoms with Crippen LogP contribution < -0.4 is 10.6 Å². The maximum atomic E-state index is 6.32. The average Bonchev–Trinajstić information content (AvgIpc) is 3.68. The molecule has 0 amide bonds. The van der Waals surface area contributed by atoms with Crippen LogP contribution in [0.3, 0.4) is 0 Å². The molecule has 3 aromatic rings. The van der Waals surface area contributed by atoms with Gasteiger partial charge in [-0.15, -0.1) is 0 Å². The van der Waals surface area contributed by atoms with E-state index < -0.39 is 0 Å². The average molecular weight is 536 g/mol. The third-order valence-electron chi connectivity index (χ3n) is 8.85. The SMILES string of the molecule is CCOCC1(COCC)CCC(n2cc(-c3cnc(N)c4nc(CC)c(N(C)C5CCCC5)nc34)cn2)CC1. The summed E-state index contributed by atoms with van der Waals surface area (Å²) in [5.74, 6) is 1.38. The lowest BCUT2D eigenvalue weighted by atomic mass is 9.73. The van der Waals surface area contributed by atoms with Gasteiger partial charge in [0.25, 0.3) is 0 Å². The molecular formula is C30H45N7O2. The molecule has 0 atom stereocenters. The number of hydrogen-bond donors (Lipinski definition) is 1. The molecule has 3 aromatic heterocycles. The fourth-order valence-electron chi connectivity index (χ4n) is 6.40. The zero-order chi connectivity index (χ0) is 27.4. The first-order valence-electron chi connectivity index (χ1n) is 14.9. The minimum atomic E-state index is 0.101. The Morgan fingerprint density at radius 1 is 0.974 bits per heavy atom. The molecular weight excluding hydrogens is 490 g/mol. The standard InChI is InChI=1S/C30H45N7O2/c1-5-25-29(36(4)22-10-8-9-11-22)35-26-24(17-32-28(31)27(26)34-25)21-16-33-37(18-21)23-12-14-30(15-13-23,19-38-6-2)20-39-7-3/h16-18,22-23H,5-15,19-20H2,1-4H3,(H2,31,32). The van der Waals surface area contributed by atoms with Gasteiger partial charge < -0.3 is 20.1 Å². The van der Waals surface area contributed by atoms with Gasteiger partial charge >= 0.3 is 0 Å². The van der Waals surface area contributed by atoms with Crippen molar-refractivity contribution in [2.24, 2.45) is 5.41 Å². The molecule has 0 spiro atoms. The van der Waals surface area contributed by atoms with Crippen molar-refractivity contribution in [1.29, 1.82) is 0 Å². The molecule has 0 aliphatic heterocycles. The molecule has 0 bridgehead atoms. The number of ether oxygens (including phenoxy) is 2. The van der Waals surface area contributed by atoms with Crippen molar-refractivity contribution in [3.8, 4) is 11.1 Å². The maximum Gasteiger partial charge on any atom is 0.151 e. The summed E-state index contributed by atoms with van der Waals surface area (Å²) in [5.41, 5.74) is 10.8. The van der Waals surface area contributed by atoms with Crippen molar-refractivity contribution in [3.63, 3.8) is 0 Å². The van der Waals surface area contributed by atoms with E-state index in [-0.39, 0.29) is 5.41 Å².